The molecule has 0 spiro atoms. The van der Waals surface area contributed by atoms with E-state index in [1.807, 2.05) is 24.3 Å². The lowest BCUT2D eigenvalue weighted by atomic mass is 9.98. The number of amides is 1. The molecule has 0 aliphatic heterocycles. The van der Waals surface area contributed by atoms with E-state index >= 15 is 0 Å². The van der Waals surface area contributed by atoms with E-state index in [-0.39, 0.29) is 30.1 Å². The molecular formula is C33H45Cl2NO5S. The minimum atomic E-state index is -1.03. The lowest BCUT2D eigenvalue weighted by Crippen LogP contribution is -2.43. The van der Waals surface area contributed by atoms with Crippen molar-refractivity contribution >= 4 is 52.8 Å². The molecule has 1 aliphatic rings. The Balaban J connectivity index is 0.000000928. The molecule has 2 aromatic carbocycles. The second kappa shape index (κ2) is 21.5. The van der Waals surface area contributed by atoms with Crippen LogP contribution in [-0.2, 0) is 14.3 Å². The van der Waals surface area contributed by atoms with Gasteiger partial charge in [-0.15, -0.1) is 23.2 Å². The number of alkyl halides is 2. The van der Waals surface area contributed by atoms with Crippen LogP contribution in [0.4, 0.5) is 4.79 Å². The highest BCUT2D eigenvalue weighted by Gasteiger charge is 2.29. The maximum Gasteiger partial charge on any atom is 0.407 e. The van der Waals surface area contributed by atoms with E-state index in [0.717, 1.165) is 34.4 Å². The first-order chi connectivity index (χ1) is 20.4. The number of aliphatic carboxylic acids is 1. The van der Waals surface area contributed by atoms with Gasteiger partial charge in [0.25, 0.3) is 0 Å². The van der Waals surface area contributed by atoms with E-state index in [4.69, 9.17) is 27.9 Å². The van der Waals surface area contributed by atoms with Crippen molar-refractivity contribution in [2.45, 2.75) is 83.1 Å². The Hall–Kier alpha value is -2.22. The van der Waals surface area contributed by atoms with Crippen LogP contribution in [0.1, 0.15) is 88.2 Å². The Bertz CT molecular complexity index is 1050. The van der Waals surface area contributed by atoms with Crippen LogP contribution >= 0.6 is 35.0 Å². The van der Waals surface area contributed by atoms with Crippen LogP contribution < -0.4 is 5.32 Å². The molecular weight excluding hydrogens is 593 g/mol. The van der Waals surface area contributed by atoms with Gasteiger partial charge >= 0.3 is 12.1 Å². The number of alkyl carbamates (subject to hydrolysis) is 1. The molecule has 0 saturated heterocycles. The van der Waals surface area contributed by atoms with E-state index < -0.39 is 18.1 Å². The van der Waals surface area contributed by atoms with Gasteiger partial charge in [-0.05, 0) is 34.4 Å². The van der Waals surface area contributed by atoms with Crippen molar-refractivity contribution < 1.29 is 24.2 Å². The maximum atomic E-state index is 12.5. The molecule has 42 heavy (non-hydrogen) atoms. The number of benzene rings is 2. The van der Waals surface area contributed by atoms with Gasteiger partial charge < -0.3 is 15.2 Å². The number of ether oxygens (including phenoxy) is 1. The SMILES string of the molecule is CCCCCCCCCCCCSC[C@H](NC(=O)OCC1c2ccccc2-c2ccccc21)C(=O)O.O=C(CCl)CCl. The van der Waals surface area contributed by atoms with E-state index in [1.165, 1.54) is 57.8 Å². The fourth-order valence-corrected chi connectivity index (χ4v) is 6.21. The molecule has 0 saturated carbocycles. The Morgan fingerprint density at radius 3 is 1.81 bits per heavy atom. The number of nitrogens with one attached hydrogen (secondary N) is 1. The van der Waals surface area contributed by atoms with E-state index in [2.05, 4.69) is 36.5 Å². The van der Waals surface area contributed by atoms with Crippen LogP contribution in [0, 0.1) is 0 Å². The summed E-state index contributed by atoms with van der Waals surface area (Å²) < 4.78 is 5.51. The molecule has 0 aromatic heterocycles. The number of unbranched alkanes of at least 4 members (excludes halogenated alkanes) is 9. The predicted molar refractivity (Wildman–Crippen MR) is 175 cm³/mol. The average molecular weight is 639 g/mol. The highest BCUT2D eigenvalue weighted by atomic mass is 35.5. The van der Waals surface area contributed by atoms with Crippen molar-refractivity contribution in [3.8, 4) is 11.1 Å². The zero-order valence-electron chi connectivity index (χ0n) is 24.6. The van der Waals surface area contributed by atoms with Crippen molar-refractivity contribution in [2.24, 2.45) is 0 Å². The first-order valence-electron chi connectivity index (χ1n) is 15.0. The number of hydrogen-bond acceptors (Lipinski definition) is 5. The Morgan fingerprint density at radius 1 is 0.833 bits per heavy atom. The summed E-state index contributed by atoms with van der Waals surface area (Å²) in [4.78, 5) is 34.0. The number of thioether (sulfide) groups is 1. The Labute approximate surface area is 265 Å². The first kappa shape index (κ1) is 36.0. The fourth-order valence-electron chi connectivity index (χ4n) is 4.89. The topological polar surface area (TPSA) is 92.7 Å². The van der Waals surface area contributed by atoms with E-state index in [1.54, 1.807) is 11.8 Å². The molecule has 232 valence electrons. The first-order valence-corrected chi connectivity index (χ1v) is 17.2. The number of carboxylic acids is 1. The van der Waals surface area contributed by atoms with Gasteiger partial charge in [-0.2, -0.15) is 11.8 Å². The zero-order valence-corrected chi connectivity index (χ0v) is 27.0. The lowest BCUT2D eigenvalue weighted by molar-refractivity contribution is -0.138. The summed E-state index contributed by atoms with van der Waals surface area (Å²) >= 11 is 11.6. The lowest BCUT2D eigenvalue weighted by Gasteiger charge is -2.17. The summed E-state index contributed by atoms with van der Waals surface area (Å²) in [5, 5.41) is 12.1. The van der Waals surface area contributed by atoms with Gasteiger partial charge in [-0.1, -0.05) is 113 Å². The van der Waals surface area contributed by atoms with E-state index in [9.17, 15) is 19.5 Å². The minimum Gasteiger partial charge on any atom is -0.480 e. The fraction of sp³-hybridized carbons (Fsp3) is 0.545. The van der Waals surface area contributed by atoms with Crippen molar-refractivity contribution in [1.82, 2.24) is 5.32 Å². The normalized spacial score (nSPS) is 12.5. The number of fused-ring (bicyclic) bond motifs is 3. The second-order valence-corrected chi connectivity index (χ2v) is 12.1. The highest BCUT2D eigenvalue weighted by molar-refractivity contribution is 7.99. The van der Waals surface area contributed by atoms with Crippen molar-refractivity contribution in [2.75, 3.05) is 29.9 Å². The summed E-state index contributed by atoms with van der Waals surface area (Å²) in [6.07, 6.45) is 12.2. The number of ketones is 1. The minimum absolute atomic E-state index is 0.0312. The van der Waals surface area contributed by atoms with Gasteiger partial charge in [-0.25, -0.2) is 9.59 Å². The molecule has 1 atom stereocenters. The molecule has 0 heterocycles. The van der Waals surface area contributed by atoms with Crippen LogP contribution in [-0.4, -0.2) is 58.9 Å². The monoisotopic (exact) mass is 637 g/mol. The van der Waals surface area contributed by atoms with Crippen molar-refractivity contribution in [3.63, 3.8) is 0 Å². The van der Waals surface area contributed by atoms with Gasteiger partial charge in [-0.3, -0.25) is 4.79 Å². The van der Waals surface area contributed by atoms with Crippen molar-refractivity contribution in [3.05, 3.63) is 59.7 Å². The predicted octanol–water partition coefficient (Wildman–Crippen LogP) is 8.67. The highest BCUT2D eigenvalue weighted by Crippen LogP contribution is 2.44. The molecule has 9 heteroatoms. The number of hydrogen-bond donors (Lipinski definition) is 2. The van der Waals surface area contributed by atoms with Crippen LogP contribution in [0.3, 0.4) is 0 Å². The summed E-state index contributed by atoms with van der Waals surface area (Å²) in [5.41, 5.74) is 4.59. The Morgan fingerprint density at radius 2 is 1.33 bits per heavy atom. The molecule has 1 aliphatic carbocycles. The molecule has 0 radical (unpaired) electrons. The van der Waals surface area contributed by atoms with Gasteiger partial charge in [0.15, 0.2) is 5.78 Å². The molecule has 2 aromatic rings. The van der Waals surface area contributed by atoms with Gasteiger partial charge in [0.1, 0.15) is 12.6 Å². The molecule has 0 fully saturated rings. The van der Waals surface area contributed by atoms with Crippen LogP contribution in [0.25, 0.3) is 11.1 Å². The molecule has 0 bridgehead atoms. The molecule has 0 unspecified atom stereocenters. The van der Waals surface area contributed by atoms with Crippen molar-refractivity contribution in [1.29, 1.82) is 0 Å². The Kier molecular flexibility index (Phi) is 18.4. The summed E-state index contributed by atoms with van der Waals surface area (Å²) in [6, 6.07) is 15.3. The average Bonchev–Trinajstić information content (AvgIpc) is 3.33. The molecule has 1 amide bonds. The van der Waals surface area contributed by atoms with Crippen LogP contribution in [0.5, 0.6) is 0 Å². The number of carbonyl (C=O) groups excluding carboxylic acids is 2. The largest absolute Gasteiger partial charge is 0.480 e. The number of carboxylic acid groups (broad SMARTS) is 1. The summed E-state index contributed by atoms with van der Waals surface area (Å²) in [5.74, 6) is 0.117. The van der Waals surface area contributed by atoms with Gasteiger partial charge in [0.05, 0.1) is 11.8 Å². The van der Waals surface area contributed by atoms with Crippen LogP contribution in [0.15, 0.2) is 48.5 Å². The number of Topliss-reactive ketones (excluding diaryl/α,β-unsaturated/α-hetero) is 1. The second-order valence-electron chi connectivity index (χ2n) is 10.4. The maximum absolute atomic E-state index is 12.5. The zero-order chi connectivity index (χ0) is 30.6. The quantitative estimate of drug-likeness (QED) is 0.118. The number of rotatable bonds is 19. The van der Waals surface area contributed by atoms with Gasteiger partial charge in [0.2, 0.25) is 0 Å². The third-order valence-corrected chi connectivity index (χ3v) is 8.90. The van der Waals surface area contributed by atoms with E-state index in [0.29, 0.717) is 5.75 Å². The van der Waals surface area contributed by atoms with Gasteiger partial charge in [0, 0.05) is 11.7 Å². The summed E-state index contributed by atoms with van der Waals surface area (Å²) in [7, 11) is 0. The number of carbonyl (C=O) groups is 3. The molecule has 3 rings (SSSR count). The number of halogens is 2. The molecule has 6 nitrogen and oxygen atoms in total. The molecule has 2 N–H and O–H groups in total. The third kappa shape index (κ3) is 13.0. The van der Waals surface area contributed by atoms with Crippen LogP contribution in [0.2, 0.25) is 0 Å². The summed E-state index contributed by atoms with van der Waals surface area (Å²) in [6.45, 7) is 2.42. The smallest absolute Gasteiger partial charge is 0.407 e. The third-order valence-electron chi connectivity index (χ3n) is 7.16. The standard InChI is InChI=1S/C30H41NO4S.C3H4Cl2O/c1-2-3-4-5-6-7-8-9-10-15-20-36-22-28(29(32)33)31-30(34)35-21-27-25-18-13-11-16-23(25)24-17-12-14-19-26(24)27;4-1-3(6)2-5/h11-14,16-19,27-28H,2-10,15,20-22H2,1H3,(H,31,34)(H,32,33);1-2H2/t28-;/m0./s1.